The first-order valence-electron chi connectivity index (χ1n) is 8.49. The van der Waals surface area contributed by atoms with E-state index in [0.29, 0.717) is 24.8 Å². The minimum atomic E-state index is -3.71. The second-order valence-corrected chi connectivity index (χ2v) is 8.41. The summed E-state index contributed by atoms with van der Waals surface area (Å²) in [5, 5.41) is 0. The van der Waals surface area contributed by atoms with Crippen molar-refractivity contribution in [3.63, 3.8) is 0 Å². The van der Waals surface area contributed by atoms with E-state index in [-0.39, 0.29) is 17.3 Å². The Morgan fingerprint density at radius 1 is 1.20 bits per heavy atom. The van der Waals surface area contributed by atoms with E-state index in [1.54, 1.807) is 17.0 Å². The van der Waals surface area contributed by atoms with Crippen molar-refractivity contribution in [2.75, 3.05) is 26.7 Å². The van der Waals surface area contributed by atoms with Gasteiger partial charge in [-0.25, -0.2) is 13.1 Å². The molecule has 0 heterocycles. The summed E-state index contributed by atoms with van der Waals surface area (Å²) in [7, 11) is -2.26. The largest absolute Gasteiger partial charge is 0.495 e. The Hall–Kier alpha value is -1.60. The molecule has 0 unspecified atom stereocenters. The zero-order valence-electron chi connectivity index (χ0n) is 16.0. The number of aryl methyl sites for hydroxylation is 2. The molecule has 25 heavy (non-hydrogen) atoms. The molecule has 142 valence electrons. The summed E-state index contributed by atoms with van der Waals surface area (Å²) in [5.74, 6) is 0.751. The third-order valence-corrected chi connectivity index (χ3v) is 5.65. The lowest BCUT2D eigenvalue weighted by Crippen LogP contribution is -2.38. The van der Waals surface area contributed by atoms with Crippen molar-refractivity contribution < 1.29 is 17.9 Å². The number of methoxy groups -OCH3 is 1. The van der Waals surface area contributed by atoms with Gasteiger partial charge in [0.15, 0.2) is 0 Å². The van der Waals surface area contributed by atoms with E-state index in [1.165, 1.54) is 14.0 Å². The SMILES string of the molecule is COc1cc(C)c(C)cc1S(=O)(=O)NCCN(CCC(C)C)C(C)=O. The highest BCUT2D eigenvalue weighted by molar-refractivity contribution is 7.89. The van der Waals surface area contributed by atoms with Crippen LogP contribution in [0, 0.1) is 19.8 Å². The molecule has 0 bridgehead atoms. The van der Waals surface area contributed by atoms with Gasteiger partial charge in [-0.15, -0.1) is 0 Å². The van der Waals surface area contributed by atoms with Crippen molar-refractivity contribution in [3.05, 3.63) is 23.3 Å². The van der Waals surface area contributed by atoms with Gasteiger partial charge in [-0.2, -0.15) is 0 Å². The lowest BCUT2D eigenvalue weighted by molar-refractivity contribution is -0.128. The highest BCUT2D eigenvalue weighted by atomic mass is 32.2. The maximum atomic E-state index is 12.6. The van der Waals surface area contributed by atoms with Gasteiger partial charge in [-0.05, 0) is 49.4 Å². The topological polar surface area (TPSA) is 75.7 Å². The second-order valence-electron chi connectivity index (χ2n) is 6.67. The molecule has 0 fully saturated rings. The first-order chi connectivity index (χ1) is 11.6. The van der Waals surface area contributed by atoms with Gasteiger partial charge in [0.1, 0.15) is 10.6 Å². The predicted molar refractivity (Wildman–Crippen MR) is 99.4 cm³/mol. The van der Waals surface area contributed by atoms with Crippen LogP contribution in [0.15, 0.2) is 17.0 Å². The number of carbonyl (C=O) groups is 1. The molecule has 1 aromatic rings. The third-order valence-electron chi connectivity index (χ3n) is 4.16. The van der Waals surface area contributed by atoms with Gasteiger partial charge in [0, 0.05) is 26.6 Å². The molecule has 0 saturated carbocycles. The Kier molecular flexibility index (Phi) is 7.89. The van der Waals surface area contributed by atoms with Crippen molar-refractivity contribution in [2.45, 2.75) is 45.9 Å². The van der Waals surface area contributed by atoms with Gasteiger partial charge < -0.3 is 9.64 Å². The first kappa shape index (κ1) is 21.4. The summed E-state index contributed by atoms with van der Waals surface area (Å²) in [4.78, 5) is 13.5. The van der Waals surface area contributed by atoms with E-state index in [2.05, 4.69) is 18.6 Å². The number of ether oxygens (including phenoxy) is 1. The van der Waals surface area contributed by atoms with Gasteiger partial charge in [0.05, 0.1) is 7.11 Å². The first-order valence-corrected chi connectivity index (χ1v) is 9.97. The fourth-order valence-electron chi connectivity index (χ4n) is 2.37. The Balaban J connectivity index is 2.82. The fraction of sp³-hybridized carbons (Fsp3) is 0.611. The van der Waals surface area contributed by atoms with Crippen molar-refractivity contribution in [1.82, 2.24) is 9.62 Å². The lowest BCUT2D eigenvalue weighted by Gasteiger charge is -2.22. The maximum absolute atomic E-state index is 12.6. The maximum Gasteiger partial charge on any atom is 0.244 e. The molecule has 0 atom stereocenters. The molecule has 0 saturated heterocycles. The second kappa shape index (κ2) is 9.20. The van der Waals surface area contributed by atoms with Crippen molar-refractivity contribution in [2.24, 2.45) is 5.92 Å². The molecule has 1 aromatic carbocycles. The smallest absolute Gasteiger partial charge is 0.244 e. The van der Waals surface area contributed by atoms with E-state index in [4.69, 9.17) is 4.74 Å². The van der Waals surface area contributed by atoms with Crippen molar-refractivity contribution >= 4 is 15.9 Å². The molecule has 0 aliphatic carbocycles. The normalized spacial score (nSPS) is 11.6. The number of rotatable bonds is 9. The minimum Gasteiger partial charge on any atom is -0.495 e. The monoisotopic (exact) mass is 370 g/mol. The van der Waals surface area contributed by atoms with Crippen molar-refractivity contribution in [1.29, 1.82) is 0 Å². The summed E-state index contributed by atoms with van der Waals surface area (Å²) in [6.07, 6.45) is 0.886. The van der Waals surface area contributed by atoms with E-state index in [9.17, 15) is 13.2 Å². The molecule has 7 heteroatoms. The molecule has 1 rings (SSSR count). The summed E-state index contributed by atoms with van der Waals surface area (Å²) in [6.45, 7) is 10.6. The Labute approximate surface area is 151 Å². The summed E-state index contributed by atoms with van der Waals surface area (Å²) in [6, 6.07) is 3.33. The number of carbonyl (C=O) groups excluding carboxylic acids is 1. The summed E-state index contributed by atoms with van der Waals surface area (Å²) < 4.78 is 33.0. The Morgan fingerprint density at radius 2 is 1.80 bits per heavy atom. The Morgan fingerprint density at radius 3 is 2.32 bits per heavy atom. The highest BCUT2D eigenvalue weighted by Gasteiger charge is 2.21. The molecule has 0 aromatic heterocycles. The average molecular weight is 371 g/mol. The molecule has 0 aliphatic rings. The number of hydrogen-bond acceptors (Lipinski definition) is 4. The van der Waals surface area contributed by atoms with Crippen LogP contribution >= 0.6 is 0 Å². The quantitative estimate of drug-likeness (QED) is 0.725. The van der Waals surface area contributed by atoms with Crippen LogP contribution < -0.4 is 9.46 Å². The van der Waals surface area contributed by atoms with Crippen LogP contribution in [0.4, 0.5) is 0 Å². The van der Waals surface area contributed by atoms with Crippen LogP contribution in [0.2, 0.25) is 0 Å². The number of nitrogens with zero attached hydrogens (tertiary/aromatic N) is 1. The van der Waals surface area contributed by atoms with E-state index >= 15 is 0 Å². The summed E-state index contributed by atoms with van der Waals surface area (Å²) >= 11 is 0. The molecule has 6 nitrogen and oxygen atoms in total. The zero-order chi connectivity index (χ0) is 19.2. The molecule has 0 radical (unpaired) electrons. The molecule has 1 amide bonds. The van der Waals surface area contributed by atoms with Crippen molar-refractivity contribution in [3.8, 4) is 5.75 Å². The molecule has 0 aliphatic heterocycles. The van der Waals surface area contributed by atoms with E-state index in [0.717, 1.165) is 17.5 Å². The van der Waals surface area contributed by atoms with Gasteiger partial charge in [0.25, 0.3) is 0 Å². The van der Waals surface area contributed by atoms with Gasteiger partial charge in [0.2, 0.25) is 15.9 Å². The van der Waals surface area contributed by atoms with Crippen LogP contribution in [-0.4, -0.2) is 46.0 Å². The van der Waals surface area contributed by atoms with Gasteiger partial charge in [-0.1, -0.05) is 13.8 Å². The number of hydrogen-bond donors (Lipinski definition) is 1. The predicted octanol–water partition coefficient (Wildman–Crippen LogP) is 2.48. The number of amides is 1. The van der Waals surface area contributed by atoms with Gasteiger partial charge >= 0.3 is 0 Å². The summed E-state index contributed by atoms with van der Waals surface area (Å²) in [5.41, 5.74) is 1.84. The third kappa shape index (κ3) is 6.32. The molecule has 0 spiro atoms. The van der Waals surface area contributed by atoms with E-state index in [1.807, 2.05) is 13.8 Å². The van der Waals surface area contributed by atoms with Crippen LogP contribution in [0.1, 0.15) is 38.3 Å². The average Bonchev–Trinajstić information content (AvgIpc) is 2.51. The number of benzene rings is 1. The zero-order valence-corrected chi connectivity index (χ0v) is 16.9. The van der Waals surface area contributed by atoms with Gasteiger partial charge in [-0.3, -0.25) is 4.79 Å². The number of sulfonamides is 1. The minimum absolute atomic E-state index is 0.0522. The number of nitrogens with one attached hydrogen (secondary N) is 1. The molecular formula is C18H30N2O4S. The van der Waals surface area contributed by atoms with Crippen LogP contribution in [0.5, 0.6) is 5.75 Å². The molecular weight excluding hydrogens is 340 g/mol. The van der Waals surface area contributed by atoms with Crippen LogP contribution in [-0.2, 0) is 14.8 Å². The Bertz CT molecular complexity index is 699. The fourth-order valence-corrected chi connectivity index (χ4v) is 3.62. The standard InChI is InChI=1S/C18H30N2O4S/c1-13(2)7-9-20(16(5)21)10-8-19-25(22,23)18-12-15(4)14(3)11-17(18)24-6/h11-13,19H,7-10H2,1-6H3. The van der Waals surface area contributed by atoms with Crippen LogP contribution in [0.25, 0.3) is 0 Å². The van der Waals surface area contributed by atoms with Crippen LogP contribution in [0.3, 0.4) is 0 Å². The lowest BCUT2D eigenvalue weighted by atomic mass is 10.1. The van der Waals surface area contributed by atoms with E-state index < -0.39 is 10.0 Å². The molecule has 1 N–H and O–H groups in total. The highest BCUT2D eigenvalue weighted by Crippen LogP contribution is 2.27.